The average molecular weight is 265 g/mol. The minimum absolute atomic E-state index is 0.466. The Morgan fingerprint density at radius 3 is 2.65 bits per heavy atom. The van der Waals surface area contributed by atoms with Gasteiger partial charge in [-0.1, -0.05) is 30.3 Å². The monoisotopic (exact) mass is 265 g/mol. The van der Waals surface area contributed by atoms with E-state index in [1.807, 2.05) is 18.2 Å². The van der Waals surface area contributed by atoms with Gasteiger partial charge in [-0.15, -0.1) is 0 Å². The van der Waals surface area contributed by atoms with Crippen LogP contribution in [0.2, 0.25) is 0 Å². The van der Waals surface area contributed by atoms with Gasteiger partial charge >= 0.3 is 0 Å². The van der Waals surface area contributed by atoms with Gasteiger partial charge in [0.25, 0.3) is 0 Å². The molecule has 2 aromatic rings. The lowest BCUT2D eigenvalue weighted by atomic mass is 10.0. The fourth-order valence-corrected chi connectivity index (χ4v) is 2.97. The fourth-order valence-electron chi connectivity index (χ4n) is 2.97. The standard InChI is InChI=1S/C17H19N3/c1-12-11-20(13(2)10-19-12)17-9-8-16(18-3)14-6-4-5-7-15(14)17/h4-9,12-13,19H,10-11H2,1-2H3/t12-,13+/m1/s1. The molecule has 1 N–H and O–H groups in total. The molecule has 1 saturated heterocycles. The van der Waals surface area contributed by atoms with Crippen LogP contribution in [-0.4, -0.2) is 25.2 Å². The smallest absolute Gasteiger partial charge is 0.195 e. The van der Waals surface area contributed by atoms with Crippen molar-refractivity contribution in [2.45, 2.75) is 25.9 Å². The first kappa shape index (κ1) is 13.0. The van der Waals surface area contributed by atoms with Gasteiger partial charge in [-0.05, 0) is 30.7 Å². The first-order valence-corrected chi connectivity index (χ1v) is 7.10. The Morgan fingerprint density at radius 2 is 1.90 bits per heavy atom. The van der Waals surface area contributed by atoms with E-state index in [2.05, 4.69) is 47.1 Å². The van der Waals surface area contributed by atoms with Crippen molar-refractivity contribution in [2.24, 2.45) is 0 Å². The fraction of sp³-hybridized carbons (Fsp3) is 0.353. The molecular formula is C17H19N3. The van der Waals surface area contributed by atoms with Crippen LogP contribution >= 0.6 is 0 Å². The molecule has 0 saturated carbocycles. The Kier molecular flexibility index (Phi) is 3.33. The quantitative estimate of drug-likeness (QED) is 0.795. The number of hydrogen-bond acceptors (Lipinski definition) is 2. The van der Waals surface area contributed by atoms with Crippen molar-refractivity contribution in [2.75, 3.05) is 18.0 Å². The largest absolute Gasteiger partial charge is 0.366 e. The summed E-state index contributed by atoms with van der Waals surface area (Å²) >= 11 is 0. The van der Waals surface area contributed by atoms with Gasteiger partial charge < -0.3 is 10.2 Å². The van der Waals surface area contributed by atoms with Crippen molar-refractivity contribution in [3.8, 4) is 0 Å². The molecule has 20 heavy (non-hydrogen) atoms. The predicted octanol–water partition coefficient (Wildman–Crippen LogP) is 3.58. The van der Waals surface area contributed by atoms with Gasteiger partial charge in [-0.3, -0.25) is 0 Å². The molecule has 102 valence electrons. The highest BCUT2D eigenvalue weighted by Gasteiger charge is 2.24. The Morgan fingerprint density at radius 1 is 1.15 bits per heavy atom. The number of anilines is 1. The second kappa shape index (κ2) is 5.15. The Labute approximate surface area is 120 Å². The van der Waals surface area contributed by atoms with Crippen LogP contribution in [0.1, 0.15) is 13.8 Å². The number of nitrogens with one attached hydrogen (secondary N) is 1. The molecule has 2 aromatic carbocycles. The number of rotatable bonds is 1. The number of benzene rings is 2. The van der Waals surface area contributed by atoms with Gasteiger partial charge in [0, 0.05) is 30.9 Å². The maximum absolute atomic E-state index is 7.31. The molecule has 0 spiro atoms. The molecule has 0 unspecified atom stereocenters. The highest BCUT2D eigenvalue weighted by atomic mass is 15.2. The third-order valence-corrected chi connectivity index (χ3v) is 4.07. The lowest BCUT2D eigenvalue weighted by Gasteiger charge is -2.40. The summed E-state index contributed by atoms with van der Waals surface area (Å²) in [5.74, 6) is 0. The van der Waals surface area contributed by atoms with E-state index >= 15 is 0 Å². The molecule has 2 atom stereocenters. The number of fused-ring (bicyclic) bond motifs is 1. The van der Waals surface area contributed by atoms with Gasteiger partial charge in [0.1, 0.15) is 0 Å². The van der Waals surface area contributed by atoms with E-state index < -0.39 is 0 Å². The SMILES string of the molecule is [C-]#[N+]c1ccc(N2C[C@@H](C)NC[C@@H]2C)c2ccccc12. The molecule has 3 rings (SSSR count). The van der Waals surface area contributed by atoms with Gasteiger partial charge in [-0.25, -0.2) is 4.85 Å². The minimum Gasteiger partial charge on any atom is -0.366 e. The highest BCUT2D eigenvalue weighted by Crippen LogP contribution is 2.35. The van der Waals surface area contributed by atoms with Crippen molar-refractivity contribution >= 4 is 22.1 Å². The Balaban J connectivity index is 2.15. The van der Waals surface area contributed by atoms with Gasteiger partial charge in [0.05, 0.1) is 6.57 Å². The predicted molar refractivity (Wildman–Crippen MR) is 84.5 cm³/mol. The molecule has 0 radical (unpaired) electrons. The maximum atomic E-state index is 7.31. The van der Waals surface area contributed by atoms with Crippen LogP contribution in [0, 0.1) is 6.57 Å². The number of hydrogen-bond donors (Lipinski definition) is 1. The molecule has 3 nitrogen and oxygen atoms in total. The lowest BCUT2D eigenvalue weighted by molar-refractivity contribution is 0.426. The zero-order chi connectivity index (χ0) is 14.1. The van der Waals surface area contributed by atoms with Gasteiger partial charge in [-0.2, -0.15) is 0 Å². The molecule has 0 aromatic heterocycles. The van der Waals surface area contributed by atoms with Crippen LogP contribution in [0.3, 0.4) is 0 Å². The first-order chi connectivity index (χ1) is 9.70. The number of nitrogens with zero attached hydrogens (tertiary/aromatic N) is 2. The summed E-state index contributed by atoms with van der Waals surface area (Å²) in [7, 11) is 0. The molecule has 1 aliphatic rings. The van der Waals surface area contributed by atoms with E-state index in [-0.39, 0.29) is 0 Å². The summed E-state index contributed by atoms with van der Waals surface area (Å²) in [6.07, 6.45) is 0. The summed E-state index contributed by atoms with van der Waals surface area (Å²) < 4.78 is 0. The summed E-state index contributed by atoms with van der Waals surface area (Å²) in [4.78, 5) is 6.09. The van der Waals surface area contributed by atoms with Crippen LogP contribution in [0.5, 0.6) is 0 Å². The minimum atomic E-state index is 0.466. The van der Waals surface area contributed by atoms with E-state index in [0.717, 1.165) is 24.2 Å². The van der Waals surface area contributed by atoms with E-state index in [9.17, 15) is 0 Å². The zero-order valence-corrected chi connectivity index (χ0v) is 11.9. The highest BCUT2D eigenvalue weighted by molar-refractivity contribution is 6.02. The summed E-state index contributed by atoms with van der Waals surface area (Å²) in [6.45, 7) is 13.8. The number of piperazine rings is 1. The third kappa shape index (κ3) is 2.13. The molecule has 0 bridgehead atoms. The maximum Gasteiger partial charge on any atom is 0.195 e. The van der Waals surface area contributed by atoms with Gasteiger partial charge in [0.15, 0.2) is 5.69 Å². The first-order valence-electron chi connectivity index (χ1n) is 7.10. The topological polar surface area (TPSA) is 19.6 Å². The summed E-state index contributed by atoms with van der Waals surface area (Å²) in [6, 6.07) is 13.2. The van der Waals surface area contributed by atoms with Crippen molar-refractivity contribution in [1.29, 1.82) is 0 Å². The van der Waals surface area contributed by atoms with E-state index in [0.29, 0.717) is 12.1 Å². The van der Waals surface area contributed by atoms with Crippen LogP contribution in [0.25, 0.3) is 15.6 Å². The summed E-state index contributed by atoms with van der Waals surface area (Å²) in [5, 5.41) is 5.75. The molecule has 3 heteroatoms. The van der Waals surface area contributed by atoms with Crippen molar-refractivity contribution < 1.29 is 0 Å². The van der Waals surface area contributed by atoms with Crippen molar-refractivity contribution in [3.05, 3.63) is 47.8 Å². The molecule has 1 heterocycles. The molecule has 1 fully saturated rings. The molecule has 0 amide bonds. The van der Waals surface area contributed by atoms with E-state index in [1.165, 1.54) is 11.1 Å². The van der Waals surface area contributed by atoms with Crippen LogP contribution in [0.15, 0.2) is 36.4 Å². The van der Waals surface area contributed by atoms with Crippen LogP contribution in [-0.2, 0) is 0 Å². The zero-order valence-electron chi connectivity index (χ0n) is 11.9. The molecule has 1 aliphatic heterocycles. The Hall–Kier alpha value is -2.05. The van der Waals surface area contributed by atoms with Gasteiger partial charge in [0.2, 0.25) is 0 Å². The Bertz CT molecular complexity index is 671. The normalized spacial score (nSPS) is 22.8. The van der Waals surface area contributed by atoms with Crippen LogP contribution in [0.4, 0.5) is 11.4 Å². The average Bonchev–Trinajstić information content (AvgIpc) is 2.49. The summed E-state index contributed by atoms with van der Waals surface area (Å²) in [5.41, 5.74) is 1.98. The lowest BCUT2D eigenvalue weighted by Crippen LogP contribution is -2.54. The molecule has 0 aliphatic carbocycles. The van der Waals surface area contributed by atoms with Crippen LogP contribution < -0.4 is 10.2 Å². The third-order valence-electron chi connectivity index (χ3n) is 4.07. The molecular weight excluding hydrogens is 246 g/mol. The van der Waals surface area contributed by atoms with E-state index in [1.54, 1.807) is 0 Å². The second-order valence-corrected chi connectivity index (χ2v) is 5.57. The van der Waals surface area contributed by atoms with Crippen molar-refractivity contribution in [3.63, 3.8) is 0 Å². The van der Waals surface area contributed by atoms with E-state index in [4.69, 9.17) is 6.57 Å². The second-order valence-electron chi connectivity index (χ2n) is 5.57. The van der Waals surface area contributed by atoms with Crippen molar-refractivity contribution in [1.82, 2.24) is 5.32 Å².